The Bertz CT molecular complexity index is 1110. The number of amides is 1. The number of benzene rings is 1. The molecular weight excluding hydrogens is 379 g/mol. The maximum Gasteiger partial charge on any atom is 0.255 e. The lowest BCUT2D eigenvalue weighted by molar-refractivity contribution is 0.0940. The maximum absolute atomic E-state index is 13.1. The maximum atomic E-state index is 13.1. The zero-order chi connectivity index (χ0) is 19.7. The van der Waals surface area contributed by atoms with Crippen LogP contribution in [-0.4, -0.2) is 30.9 Å². The molecule has 0 bridgehead atoms. The number of H-pyrrole nitrogens is 1. The van der Waals surface area contributed by atoms with Crippen LogP contribution < -0.4 is 5.32 Å². The fraction of sp³-hybridized carbons (Fsp3) is 0.158. The first-order chi connectivity index (χ1) is 13.5. The second-order valence-corrected chi connectivity index (χ2v) is 7.20. The second kappa shape index (κ2) is 7.35. The van der Waals surface area contributed by atoms with Crippen LogP contribution in [-0.2, 0) is 7.05 Å². The predicted molar refractivity (Wildman–Crippen MR) is 104 cm³/mol. The van der Waals surface area contributed by atoms with Gasteiger partial charge in [0.15, 0.2) is 0 Å². The van der Waals surface area contributed by atoms with Crippen molar-refractivity contribution in [2.75, 3.05) is 0 Å². The highest BCUT2D eigenvalue weighted by atomic mass is 32.1. The average molecular weight is 396 g/mol. The topological polar surface area (TPSA) is 88.5 Å². The Morgan fingerprint density at radius 2 is 2.04 bits per heavy atom. The van der Waals surface area contributed by atoms with Crippen LogP contribution in [0, 0.1) is 5.82 Å². The molecular formula is C19H17FN6OS. The summed E-state index contributed by atoms with van der Waals surface area (Å²) in [5, 5.41) is 16.6. The first-order valence-corrected chi connectivity index (χ1v) is 9.44. The van der Waals surface area contributed by atoms with E-state index in [4.69, 9.17) is 0 Å². The van der Waals surface area contributed by atoms with Gasteiger partial charge in [-0.05, 0) is 31.2 Å². The van der Waals surface area contributed by atoms with Crippen molar-refractivity contribution in [2.45, 2.75) is 13.0 Å². The van der Waals surface area contributed by atoms with Crippen molar-refractivity contribution in [3.63, 3.8) is 0 Å². The Kier molecular flexibility index (Phi) is 4.74. The molecule has 0 fully saturated rings. The first-order valence-electron chi connectivity index (χ1n) is 8.56. The third-order valence-electron chi connectivity index (χ3n) is 4.28. The largest absolute Gasteiger partial charge is 0.344 e. The Morgan fingerprint density at radius 3 is 2.75 bits per heavy atom. The number of carbonyl (C=O) groups is 1. The lowest BCUT2D eigenvalue weighted by Gasteiger charge is -2.11. The molecule has 7 nitrogen and oxygen atoms in total. The Labute approximate surface area is 164 Å². The fourth-order valence-electron chi connectivity index (χ4n) is 2.79. The van der Waals surface area contributed by atoms with Crippen molar-refractivity contribution in [1.29, 1.82) is 0 Å². The molecule has 2 N–H and O–H groups in total. The summed E-state index contributed by atoms with van der Waals surface area (Å²) in [6.07, 6.45) is 4.97. The quantitative estimate of drug-likeness (QED) is 0.540. The van der Waals surface area contributed by atoms with E-state index < -0.39 is 0 Å². The molecule has 0 aliphatic carbocycles. The van der Waals surface area contributed by atoms with Gasteiger partial charge in [-0.2, -0.15) is 10.2 Å². The minimum Gasteiger partial charge on any atom is -0.344 e. The lowest BCUT2D eigenvalue weighted by atomic mass is 10.1. The van der Waals surface area contributed by atoms with Gasteiger partial charge in [-0.15, -0.1) is 11.3 Å². The summed E-state index contributed by atoms with van der Waals surface area (Å²) in [4.78, 5) is 17.3. The SMILES string of the molecule is CC(NC(=O)c1cn[nH]c1-c1cnn(C)c1)c1csc(-c2ccc(F)cc2)n1. The highest BCUT2D eigenvalue weighted by molar-refractivity contribution is 7.13. The number of rotatable bonds is 5. The summed E-state index contributed by atoms with van der Waals surface area (Å²) in [7, 11) is 1.81. The van der Waals surface area contributed by atoms with Gasteiger partial charge < -0.3 is 5.32 Å². The Morgan fingerprint density at radius 1 is 1.25 bits per heavy atom. The number of carbonyl (C=O) groups excluding carboxylic acids is 1. The highest BCUT2D eigenvalue weighted by Crippen LogP contribution is 2.27. The smallest absolute Gasteiger partial charge is 0.255 e. The van der Waals surface area contributed by atoms with Crippen molar-refractivity contribution >= 4 is 17.2 Å². The van der Waals surface area contributed by atoms with E-state index in [1.807, 2.05) is 25.5 Å². The van der Waals surface area contributed by atoms with E-state index in [1.54, 1.807) is 23.0 Å². The molecule has 4 rings (SSSR count). The minimum absolute atomic E-state index is 0.253. The van der Waals surface area contributed by atoms with Crippen molar-refractivity contribution < 1.29 is 9.18 Å². The summed E-state index contributed by atoms with van der Waals surface area (Å²) in [6.45, 7) is 1.87. The van der Waals surface area contributed by atoms with Gasteiger partial charge in [-0.1, -0.05) is 0 Å². The van der Waals surface area contributed by atoms with Crippen LogP contribution in [0.2, 0.25) is 0 Å². The molecule has 1 unspecified atom stereocenters. The normalized spacial score (nSPS) is 12.1. The molecule has 0 aliphatic heterocycles. The van der Waals surface area contributed by atoms with Crippen LogP contribution in [0.5, 0.6) is 0 Å². The van der Waals surface area contributed by atoms with Crippen LogP contribution >= 0.6 is 11.3 Å². The molecule has 142 valence electrons. The molecule has 0 saturated heterocycles. The molecule has 0 radical (unpaired) electrons. The van der Waals surface area contributed by atoms with Crippen LogP contribution in [0.15, 0.2) is 48.2 Å². The molecule has 1 aromatic carbocycles. The zero-order valence-electron chi connectivity index (χ0n) is 15.2. The number of hydrogen-bond acceptors (Lipinski definition) is 5. The number of nitrogens with zero attached hydrogens (tertiary/aromatic N) is 4. The molecule has 4 aromatic rings. The average Bonchev–Trinajstić information content (AvgIpc) is 3.42. The van der Waals surface area contributed by atoms with Gasteiger partial charge in [-0.3, -0.25) is 14.6 Å². The molecule has 0 aliphatic rings. The van der Waals surface area contributed by atoms with Gasteiger partial charge >= 0.3 is 0 Å². The van der Waals surface area contributed by atoms with Crippen molar-refractivity contribution in [3.05, 3.63) is 65.3 Å². The molecule has 0 saturated carbocycles. The van der Waals surface area contributed by atoms with Gasteiger partial charge in [0, 0.05) is 29.8 Å². The van der Waals surface area contributed by atoms with Crippen LogP contribution in [0.25, 0.3) is 21.8 Å². The van der Waals surface area contributed by atoms with Crippen molar-refractivity contribution in [1.82, 2.24) is 30.3 Å². The van der Waals surface area contributed by atoms with E-state index in [1.165, 1.54) is 29.7 Å². The van der Waals surface area contributed by atoms with E-state index >= 15 is 0 Å². The van der Waals surface area contributed by atoms with E-state index in [2.05, 4.69) is 25.6 Å². The number of hydrogen-bond donors (Lipinski definition) is 2. The molecule has 0 spiro atoms. The monoisotopic (exact) mass is 396 g/mol. The van der Waals surface area contributed by atoms with Gasteiger partial charge in [0.05, 0.1) is 35.4 Å². The van der Waals surface area contributed by atoms with Gasteiger partial charge in [0.2, 0.25) is 0 Å². The molecule has 28 heavy (non-hydrogen) atoms. The van der Waals surface area contributed by atoms with E-state index in [9.17, 15) is 9.18 Å². The summed E-state index contributed by atoms with van der Waals surface area (Å²) in [5.74, 6) is -0.540. The minimum atomic E-state index is -0.297. The standard InChI is InChI=1S/C19H17FN6OS/c1-11(16-10-28-19(24-16)12-3-5-14(20)6-4-12)23-18(27)15-8-21-25-17(15)13-7-22-26(2)9-13/h3-11H,1-2H3,(H,21,25)(H,23,27). The molecule has 9 heteroatoms. The van der Waals surface area contributed by atoms with Gasteiger partial charge in [0.1, 0.15) is 10.8 Å². The summed E-state index contributed by atoms with van der Waals surface area (Å²) in [6, 6.07) is 5.88. The Hall–Kier alpha value is -3.33. The second-order valence-electron chi connectivity index (χ2n) is 6.34. The zero-order valence-corrected chi connectivity index (χ0v) is 16.0. The molecule has 1 atom stereocenters. The van der Waals surface area contributed by atoms with E-state index in [0.717, 1.165) is 21.8 Å². The van der Waals surface area contributed by atoms with Crippen molar-refractivity contribution in [2.24, 2.45) is 7.05 Å². The summed E-state index contributed by atoms with van der Waals surface area (Å²) in [5.41, 5.74) is 3.41. The van der Waals surface area contributed by atoms with Crippen LogP contribution in [0.1, 0.15) is 29.0 Å². The Balaban J connectivity index is 1.50. The predicted octanol–water partition coefficient (Wildman–Crippen LogP) is 3.56. The number of halogens is 1. The molecule has 3 aromatic heterocycles. The number of aromatic amines is 1. The number of aryl methyl sites for hydroxylation is 1. The van der Waals surface area contributed by atoms with E-state index in [-0.39, 0.29) is 17.8 Å². The summed E-state index contributed by atoms with van der Waals surface area (Å²) >= 11 is 1.45. The van der Waals surface area contributed by atoms with Crippen LogP contribution in [0.4, 0.5) is 4.39 Å². The molecule has 3 heterocycles. The van der Waals surface area contributed by atoms with Gasteiger partial charge in [-0.25, -0.2) is 9.37 Å². The molecule has 1 amide bonds. The highest BCUT2D eigenvalue weighted by Gasteiger charge is 2.20. The lowest BCUT2D eigenvalue weighted by Crippen LogP contribution is -2.27. The number of thiazole rings is 1. The number of nitrogens with one attached hydrogen (secondary N) is 2. The van der Waals surface area contributed by atoms with Gasteiger partial charge in [0.25, 0.3) is 5.91 Å². The van der Waals surface area contributed by atoms with E-state index in [0.29, 0.717) is 11.3 Å². The summed E-state index contributed by atoms with van der Waals surface area (Å²) < 4.78 is 14.8. The third kappa shape index (κ3) is 3.56. The number of aromatic nitrogens is 5. The first kappa shape index (κ1) is 18.1. The van der Waals surface area contributed by atoms with Crippen molar-refractivity contribution in [3.8, 4) is 21.8 Å². The fourth-order valence-corrected chi connectivity index (χ4v) is 3.71. The van der Waals surface area contributed by atoms with Crippen LogP contribution in [0.3, 0.4) is 0 Å². The third-order valence-corrected chi connectivity index (χ3v) is 5.19.